The molecule has 1 N–H and O–H groups in total. The highest BCUT2D eigenvalue weighted by molar-refractivity contribution is 5.96. The number of imidazole rings is 1. The number of hydrogen-bond donors (Lipinski definition) is 1. The first-order chi connectivity index (χ1) is 16.0. The quantitative estimate of drug-likeness (QED) is 0.273. The minimum atomic E-state index is -0.163. The van der Waals surface area contributed by atoms with Crippen molar-refractivity contribution >= 4 is 16.9 Å². The summed E-state index contributed by atoms with van der Waals surface area (Å²) in [6, 6.07) is 14.1. The number of aryl methyl sites for hydroxylation is 3. The molecule has 0 saturated heterocycles. The molecule has 0 aliphatic heterocycles. The van der Waals surface area contributed by atoms with Crippen LogP contribution in [0.5, 0.6) is 0 Å². The van der Waals surface area contributed by atoms with Crippen LogP contribution in [-0.4, -0.2) is 15.5 Å². The summed E-state index contributed by atoms with van der Waals surface area (Å²) in [6.45, 7) is 9.28. The number of fused-ring (bicyclic) bond motifs is 1. The van der Waals surface area contributed by atoms with E-state index in [0.717, 1.165) is 41.0 Å². The van der Waals surface area contributed by atoms with Crippen molar-refractivity contribution < 1.29 is 4.79 Å². The topological polar surface area (TPSA) is 46.9 Å². The Morgan fingerprint density at radius 3 is 2.30 bits per heavy atom. The summed E-state index contributed by atoms with van der Waals surface area (Å²) in [6.07, 6.45) is 11.8. The van der Waals surface area contributed by atoms with Gasteiger partial charge in [-0.3, -0.25) is 4.79 Å². The molecule has 1 atom stereocenters. The van der Waals surface area contributed by atoms with Crippen LogP contribution in [0.25, 0.3) is 11.0 Å². The maximum Gasteiger partial charge on any atom is 0.252 e. The van der Waals surface area contributed by atoms with Gasteiger partial charge in [-0.15, -0.1) is 0 Å². The molecule has 1 unspecified atom stereocenters. The van der Waals surface area contributed by atoms with E-state index in [4.69, 9.17) is 4.98 Å². The van der Waals surface area contributed by atoms with Gasteiger partial charge in [0.15, 0.2) is 0 Å². The zero-order chi connectivity index (χ0) is 23.6. The van der Waals surface area contributed by atoms with Crippen LogP contribution in [0.15, 0.2) is 42.5 Å². The smallest absolute Gasteiger partial charge is 0.252 e. The number of hydrogen-bond acceptors (Lipinski definition) is 2. The molecule has 0 aliphatic rings. The average Bonchev–Trinajstić information content (AvgIpc) is 3.16. The van der Waals surface area contributed by atoms with Crippen LogP contribution >= 0.6 is 0 Å². The molecule has 0 saturated carbocycles. The zero-order valence-electron chi connectivity index (χ0n) is 21.0. The normalized spacial score (nSPS) is 12.2. The van der Waals surface area contributed by atoms with Gasteiger partial charge in [-0.05, 0) is 51.0 Å². The SMILES string of the molecule is CCCCCCCCCCCn1c(C(C)NC(=O)c2ccc(C)cc2C)nc2ccccc21. The molecular weight excluding hydrogens is 406 g/mol. The lowest BCUT2D eigenvalue weighted by atomic mass is 10.0. The largest absolute Gasteiger partial charge is 0.342 e. The van der Waals surface area contributed by atoms with Gasteiger partial charge in [0.25, 0.3) is 5.91 Å². The highest BCUT2D eigenvalue weighted by Crippen LogP contribution is 2.23. The maximum absolute atomic E-state index is 13.0. The Morgan fingerprint density at radius 2 is 1.61 bits per heavy atom. The Hall–Kier alpha value is -2.62. The van der Waals surface area contributed by atoms with E-state index in [1.807, 2.05) is 39.0 Å². The highest BCUT2D eigenvalue weighted by atomic mass is 16.1. The van der Waals surface area contributed by atoms with Crippen molar-refractivity contribution in [2.24, 2.45) is 0 Å². The van der Waals surface area contributed by atoms with Gasteiger partial charge in [0.05, 0.1) is 17.1 Å². The summed E-state index contributed by atoms with van der Waals surface area (Å²) >= 11 is 0. The van der Waals surface area contributed by atoms with Gasteiger partial charge in [-0.25, -0.2) is 4.98 Å². The molecule has 1 aromatic heterocycles. The Labute approximate surface area is 199 Å². The van der Waals surface area contributed by atoms with Crippen LogP contribution in [0, 0.1) is 13.8 Å². The molecule has 4 heteroatoms. The van der Waals surface area contributed by atoms with Crippen molar-refractivity contribution in [1.29, 1.82) is 0 Å². The third-order valence-electron chi connectivity index (χ3n) is 6.53. The number of aromatic nitrogens is 2. The minimum Gasteiger partial charge on any atom is -0.342 e. The van der Waals surface area contributed by atoms with Gasteiger partial charge in [0.2, 0.25) is 0 Å². The van der Waals surface area contributed by atoms with E-state index >= 15 is 0 Å². The second-order valence-corrected chi connectivity index (χ2v) is 9.45. The molecule has 33 heavy (non-hydrogen) atoms. The molecule has 3 aromatic rings. The fraction of sp³-hybridized carbons (Fsp3) is 0.517. The maximum atomic E-state index is 13.0. The van der Waals surface area contributed by atoms with E-state index in [-0.39, 0.29) is 11.9 Å². The number of nitrogens with zero attached hydrogens (tertiary/aromatic N) is 2. The van der Waals surface area contributed by atoms with Crippen LogP contribution < -0.4 is 5.32 Å². The fourth-order valence-electron chi connectivity index (χ4n) is 4.65. The second kappa shape index (κ2) is 12.6. The number of rotatable bonds is 13. The standard InChI is InChI=1S/C29H41N3O/c1-5-6-7-8-9-10-11-12-15-20-32-27-17-14-13-16-26(27)31-28(32)24(4)30-29(33)25-19-18-22(2)21-23(25)3/h13-14,16-19,21,24H,5-12,15,20H2,1-4H3,(H,30,33). The highest BCUT2D eigenvalue weighted by Gasteiger charge is 2.19. The summed E-state index contributed by atoms with van der Waals surface area (Å²) in [4.78, 5) is 17.9. The number of unbranched alkanes of at least 4 members (excludes halogenated alkanes) is 8. The number of para-hydroxylation sites is 2. The van der Waals surface area contributed by atoms with E-state index in [0.29, 0.717) is 0 Å². The van der Waals surface area contributed by atoms with Crippen molar-refractivity contribution in [2.75, 3.05) is 0 Å². The molecular formula is C29H41N3O. The van der Waals surface area contributed by atoms with Crippen LogP contribution in [0.1, 0.15) is 105 Å². The van der Waals surface area contributed by atoms with Crippen molar-refractivity contribution in [3.8, 4) is 0 Å². The van der Waals surface area contributed by atoms with Crippen molar-refractivity contribution in [3.63, 3.8) is 0 Å². The Morgan fingerprint density at radius 1 is 0.939 bits per heavy atom. The van der Waals surface area contributed by atoms with Crippen LogP contribution in [0.4, 0.5) is 0 Å². The number of carbonyl (C=O) groups excluding carboxylic acids is 1. The molecule has 1 amide bonds. The van der Waals surface area contributed by atoms with Gasteiger partial charge in [0, 0.05) is 12.1 Å². The molecule has 0 aliphatic carbocycles. The summed E-state index contributed by atoms with van der Waals surface area (Å²) in [5, 5.41) is 3.19. The first kappa shape index (κ1) is 25.0. The molecule has 0 bridgehead atoms. The average molecular weight is 448 g/mol. The van der Waals surface area contributed by atoms with Gasteiger partial charge >= 0.3 is 0 Å². The number of amides is 1. The Bertz CT molecular complexity index is 1040. The van der Waals surface area contributed by atoms with Crippen LogP contribution in [0.3, 0.4) is 0 Å². The molecule has 4 nitrogen and oxygen atoms in total. The predicted octanol–water partition coefficient (Wildman–Crippen LogP) is 7.67. The van der Waals surface area contributed by atoms with Gasteiger partial charge in [-0.2, -0.15) is 0 Å². The molecule has 1 heterocycles. The van der Waals surface area contributed by atoms with Crippen LogP contribution in [0.2, 0.25) is 0 Å². The zero-order valence-corrected chi connectivity index (χ0v) is 21.0. The second-order valence-electron chi connectivity index (χ2n) is 9.45. The minimum absolute atomic E-state index is 0.0401. The lowest BCUT2D eigenvalue weighted by Crippen LogP contribution is -2.29. The third kappa shape index (κ3) is 6.93. The molecule has 2 aromatic carbocycles. The first-order valence-corrected chi connectivity index (χ1v) is 12.8. The predicted molar refractivity (Wildman–Crippen MR) is 139 cm³/mol. The van der Waals surface area contributed by atoms with E-state index in [1.54, 1.807) is 0 Å². The van der Waals surface area contributed by atoms with Crippen LogP contribution in [-0.2, 0) is 6.54 Å². The Kier molecular flexibility index (Phi) is 9.53. The van der Waals surface area contributed by atoms with Crippen molar-refractivity contribution in [2.45, 2.75) is 98.1 Å². The summed E-state index contributed by atoms with van der Waals surface area (Å²) in [5.74, 6) is 0.899. The van der Waals surface area contributed by atoms with E-state index in [1.165, 1.54) is 56.9 Å². The molecule has 0 fully saturated rings. The van der Waals surface area contributed by atoms with Gasteiger partial charge in [-0.1, -0.05) is 88.1 Å². The van der Waals surface area contributed by atoms with Gasteiger partial charge < -0.3 is 9.88 Å². The van der Waals surface area contributed by atoms with E-state index in [2.05, 4.69) is 41.1 Å². The summed E-state index contributed by atoms with van der Waals surface area (Å²) in [5.41, 5.74) is 5.05. The third-order valence-corrected chi connectivity index (χ3v) is 6.53. The lowest BCUT2D eigenvalue weighted by molar-refractivity contribution is 0.0937. The summed E-state index contributed by atoms with van der Waals surface area (Å²) in [7, 11) is 0. The van der Waals surface area contributed by atoms with Crippen molar-refractivity contribution in [3.05, 3.63) is 65.0 Å². The monoisotopic (exact) mass is 447 g/mol. The number of nitrogens with one attached hydrogen (secondary N) is 1. The number of benzene rings is 2. The fourth-order valence-corrected chi connectivity index (χ4v) is 4.65. The van der Waals surface area contributed by atoms with E-state index in [9.17, 15) is 4.79 Å². The lowest BCUT2D eigenvalue weighted by Gasteiger charge is -2.17. The van der Waals surface area contributed by atoms with E-state index < -0.39 is 0 Å². The Balaban J connectivity index is 1.62. The molecule has 0 spiro atoms. The van der Waals surface area contributed by atoms with Gasteiger partial charge in [0.1, 0.15) is 5.82 Å². The molecule has 0 radical (unpaired) electrons. The first-order valence-electron chi connectivity index (χ1n) is 12.8. The van der Waals surface area contributed by atoms with Crippen molar-refractivity contribution in [1.82, 2.24) is 14.9 Å². The summed E-state index contributed by atoms with van der Waals surface area (Å²) < 4.78 is 2.31. The molecule has 178 valence electrons. The molecule has 3 rings (SSSR count). The number of carbonyl (C=O) groups is 1.